The fourth-order valence-electron chi connectivity index (χ4n) is 2.37. The Labute approximate surface area is 120 Å². The molecule has 0 N–H and O–H groups in total. The number of benzene rings is 2. The maximum atomic E-state index is 6.18. The first kappa shape index (κ1) is 12.1. The van der Waals surface area contributed by atoms with Gasteiger partial charge in [-0.3, -0.25) is 0 Å². The summed E-state index contributed by atoms with van der Waals surface area (Å²) in [6, 6.07) is 11.9. The van der Waals surface area contributed by atoms with Crippen molar-refractivity contribution in [2.24, 2.45) is 0 Å². The molecule has 0 unspecified atom stereocenters. The van der Waals surface area contributed by atoms with Crippen molar-refractivity contribution in [1.29, 1.82) is 0 Å². The zero-order valence-electron chi connectivity index (χ0n) is 9.75. The van der Waals surface area contributed by atoms with Crippen LogP contribution in [0.15, 0.2) is 40.9 Å². The molecule has 1 aliphatic carbocycles. The van der Waals surface area contributed by atoms with Crippen LogP contribution in [-0.4, -0.2) is 0 Å². The Morgan fingerprint density at radius 2 is 1.89 bits per heavy atom. The Hall–Kier alpha value is -0.990. The summed E-state index contributed by atoms with van der Waals surface area (Å²) in [5.41, 5.74) is 2.72. The molecule has 0 aliphatic heterocycles. The molecule has 3 heteroatoms. The highest BCUT2D eigenvalue weighted by atomic mass is 79.9. The summed E-state index contributed by atoms with van der Waals surface area (Å²) in [5.74, 6) is 1.62. The van der Waals surface area contributed by atoms with Crippen LogP contribution in [0.25, 0.3) is 0 Å². The number of para-hydroxylation sites is 1. The quantitative estimate of drug-likeness (QED) is 0.720. The van der Waals surface area contributed by atoms with Gasteiger partial charge in [-0.25, -0.2) is 0 Å². The fourth-order valence-corrected chi connectivity index (χ4v) is 3.14. The highest BCUT2D eigenvalue weighted by molar-refractivity contribution is 9.10. The van der Waals surface area contributed by atoms with Crippen molar-refractivity contribution in [1.82, 2.24) is 0 Å². The summed E-state index contributed by atoms with van der Waals surface area (Å²) >= 11 is 9.65. The van der Waals surface area contributed by atoms with Gasteiger partial charge in [0.25, 0.3) is 0 Å². The number of hydrogen-bond donors (Lipinski definition) is 0. The first-order valence-electron chi connectivity index (χ1n) is 5.98. The Morgan fingerprint density at radius 1 is 1.06 bits per heavy atom. The monoisotopic (exact) mass is 322 g/mol. The van der Waals surface area contributed by atoms with Gasteiger partial charge >= 0.3 is 0 Å². The van der Waals surface area contributed by atoms with E-state index in [1.807, 2.05) is 30.3 Å². The zero-order valence-corrected chi connectivity index (χ0v) is 12.1. The van der Waals surface area contributed by atoms with E-state index in [-0.39, 0.29) is 0 Å². The van der Waals surface area contributed by atoms with Crippen molar-refractivity contribution in [3.63, 3.8) is 0 Å². The van der Waals surface area contributed by atoms with E-state index >= 15 is 0 Å². The second kappa shape index (κ2) is 4.94. The lowest BCUT2D eigenvalue weighted by atomic mass is 10.1. The number of rotatable bonds is 2. The third kappa shape index (κ3) is 2.15. The second-order valence-corrected chi connectivity index (χ2v) is 5.66. The van der Waals surface area contributed by atoms with Crippen molar-refractivity contribution in [3.8, 4) is 11.5 Å². The van der Waals surface area contributed by atoms with E-state index in [2.05, 4.69) is 22.0 Å². The molecule has 0 spiro atoms. The van der Waals surface area contributed by atoms with Crippen molar-refractivity contribution < 1.29 is 4.74 Å². The molecule has 2 aromatic carbocycles. The maximum absolute atomic E-state index is 6.18. The average molecular weight is 324 g/mol. The molecule has 0 saturated carbocycles. The highest BCUT2D eigenvalue weighted by Gasteiger charge is 2.17. The minimum absolute atomic E-state index is 0.625. The zero-order chi connectivity index (χ0) is 12.5. The topological polar surface area (TPSA) is 9.23 Å². The fraction of sp³-hybridized carbons (Fsp3) is 0.200. The molecule has 0 heterocycles. The van der Waals surface area contributed by atoms with Gasteiger partial charge in [0.15, 0.2) is 5.75 Å². The van der Waals surface area contributed by atoms with Crippen molar-refractivity contribution in [3.05, 3.63) is 57.0 Å². The molecule has 0 fully saturated rings. The highest BCUT2D eigenvalue weighted by Crippen LogP contribution is 2.39. The van der Waals surface area contributed by atoms with E-state index in [9.17, 15) is 0 Å². The molecule has 0 amide bonds. The number of halogens is 2. The molecular weight excluding hydrogens is 312 g/mol. The van der Waals surface area contributed by atoms with Crippen LogP contribution in [0.4, 0.5) is 0 Å². The number of ether oxygens (including phenoxy) is 1. The standard InChI is InChI=1S/C15H12BrClO/c16-12-7-3-8-13(17)15(12)18-14-9-2-5-10-4-1-6-11(10)14/h2-3,5,7-9H,1,4,6H2. The van der Waals surface area contributed by atoms with E-state index in [4.69, 9.17) is 16.3 Å². The van der Waals surface area contributed by atoms with Crippen LogP contribution in [0.1, 0.15) is 17.5 Å². The van der Waals surface area contributed by atoms with Crippen LogP contribution in [-0.2, 0) is 12.8 Å². The van der Waals surface area contributed by atoms with Crippen molar-refractivity contribution in [2.45, 2.75) is 19.3 Å². The predicted octanol–water partition coefficient (Wildman–Crippen LogP) is 5.38. The van der Waals surface area contributed by atoms with Gasteiger partial charge in [-0.15, -0.1) is 0 Å². The Morgan fingerprint density at radius 3 is 2.72 bits per heavy atom. The minimum Gasteiger partial charge on any atom is -0.454 e. The van der Waals surface area contributed by atoms with E-state index in [0.29, 0.717) is 10.8 Å². The average Bonchev–Trinajstić information content (AvgIpc) is 2.83. The van der Waals surface area contributed by atoms with Crippen LogP contribution in [0.3, 0.4) is 0 Å². The number of fused-ring (bicyclic) bond motifs is 1. The smallest absolute Gasteiger partial charge is 0.160 e. The number of aryl methyl sites for hydroxylation is 1. The van der Waals surface area contributed by atoms with Gasteiger partial charge in [0.1, 0.15) is 5.75 Å². The molecule has 2 aromatic rings. The molecule has 0 atom stereocenters. The van der Waals surface area contributed by atoms with Gasteiger partial charge in [0.05, 0.1) is 9.50 Å². The minimum atomic E-state index is 0.625. The van der Waals surface area contributed by atoms with E-state index in [1.54, 1.807) is 0 Å². The third-order valence-electron chi connectivity index (χ3n) is 3.23. The van der Waals surface area contributed by atoms with Gasteiger partial charge < -0.3 is 4.74 Å². The summed E-state index contributed by atoms with van der Waals surface area (Å²) < 4.78 is 6.88. The Bertz CT molecular complexity index is 575. The predicted molar refractivity (Wildman–Crippen MR) is 77.7 cm³/mol. The lowest BCUT2D eigenvalue weighted by Crippen LogP contribution is -1.92. The summed E-state index contributed by atoms with van der Waals surface area (Å²) in [5, 5.41) is 0.625. The normalized spacial score (nSPS) is 13.4. The second-order valence-electron chi connectivity index (χ2n) is 4.40. The Balaban J connectivity index is 2.01. The summed E-state index contributed by atoms with van der Waals surface area (Å²) in [6.45, 7) is 0. The van der Waals surface area contributed by atoms with Crippen molar-refractivity contribution in [2.75, 3.05) is 0 Å². The van der Waals surface area contributed by atoms with Crippen LogP contribution >= 0.6 is 27.5 Å². The number of hydrogen-bond acceptors (Lipinski definition) is 1. The van der Waals surface area contributed by atoms with Gasteiger partial charge in [0.2, 0.25) is 0 Å². The summed E-state index contributed by atoms with van der Waals surface area (Å²) in [6.07, 6.45) is 3.45. The molecule has 18 heavy (non-hydrogen) atoms. The van der Waals surface area contributed by atoms with Crippen LogP contribution < -0.4 is 4.74 Å². The van der Waals surface area contributed by atoms with E-state index in [0.717, 1.165) is 23.1 Å². The van der Waals surface area contributed by atoms with Crippen molar-refractivity contribution >= 4 is 27.5 Å². The summed E-state index contributed by atoms with van der Waals surface area (Å²) in [4.78, 5) is 0. The third-order valence-corrected chi connectivity index (χ3v) is 4.16. The summed E-state index contributed by atoms with van der Waals surface area (Å²) in [7, 11) is 0. The molecule has 1 nitrogen and oxygen atoms in total. The molecule has 0 saturated heterocycles. The van der Waals surface area contributed by atoms with Crippen LogP contribution in [0, 0.1) is 0 Å². The van der Waals surface area contributed by atoms with Gasteiger partial charge in [-0.05, 0) is 64.5 Å². The first-order chi connectivity index (χ1) is 8.75. The van der Waals surface area contributed by atoms with E-state index in [1.165, 1.54) is 17.5 Å². The molecule has 1 aliphatic rings. The largest absolute Gasteiger partial charge is 0.454 e. The van der Waals surface area contributed by atoms with E-state index < -0.39 is 0 Å². The van der Waals surface area contributed by atoms with Gasteiger partial charge in [0, 0.05) is 0 Å². The lowest BCUT2D eigenvalue weighted by molar-refractivity contribution is 0.474. The first-order valence-corrected chi connectivity index (χ1v) is 7.15. The Kier molecular flexibility index (Phi) is 3.31. The molecule has 0 radical (unpaired) electrons. The van der Waals surface area contributed by atoms with Gasteiger partial charge in [-0.1, -0.05) is 29.8 Å². The van der Waals surface area contributed by atoms with Crippen LogP contribution in [0.5, 0.6) is 11.5 Å². The molecule has 0 bridgehead atoms. The molecule has 0 aromatic heterocycles. The van der Waals surface area contributed by atoms with Gasteiger partial charge in [-0.2, -0.15) is 0 Å². The molecule has 92 valence electrons. The van der Waals surface area contributed by atoms with Crippen LogP contribution in [0.2, 0.25) is 5.02 Å². The molecular formula is C15H12BrClO. The molecule has 3 rings (SSSR count). The lowest BCUT2D eigenvalue weighted by Gasteiger charge is -2.12. The maximum Gasteiger partial charge on any atom is 0.160 e. The SMILES string of the molecule is Clc1cccc(Br)c1Oc1cccc2c1CCC2.